The van der Waals surface area contributed by atoms with Crippen molar-refractivity contribution in [3.8, 4) is 0 Å². The lowest BCUT2D eigenvalue weighted by atomic mass is 9.98. The quantitative estimate of drug-likeness (QED) is 0.890. The number of imidazole rings is 1. The average Bonchev–Trinajstić information content (AvgIpc) is 3.05. The Kier molecular flexibility index (Phi) is 4.70. The highest BCUT2D eigenvalue weighted by Crippen LogP contribution is 2.19. The Hall–Kier alpha value is -0.910. The van der Waals surface area contributed by atoms with E-state index < -0.39 is 0 Å². The van der Waals surface area contributed by atoms with Gasteiger partial charge >= 0.3 is 0 Å². The summed E-state index contributed by atoms with van der Waals surface area (Å²) in [7, 11) is 0. The minimum absolute atomic E-state index is 0.343. The summed E-state index contributed by atoms with van der Waals surface area (Å²) in [4.78, 5) is 5.78. The number of thiazole rings is 1. The van der Waals surface area contributed by atoms with E-state index in [0.29, 0.717) is 12.1 Å². The molecule has 3 heterocycles. The maximum Gasteiger partial charge on any atom is 0.193 e. The number of nitrogens with zero attached hydrogens (tertiary/aromatic N) is 2. The van der Waals surface area contributed by atoms with Gasteiger partial charge in [0.05, 0.1) is 11.8 Å². The number of rotatable bonds is 6. The van der Waals surface area contributed by atoms with Crippen LogP contribution in [0.2, 0.25) is 0 Å². The summed E-state index contributed by atoms with van der Waals surface area (Å²) in [6.45, 7) is 4.17. The summed E-state index contributed by atoms with van der Waals surface area (Å²) in [5.74, 6) is 0. The van der Waals surface area contributed by atoms with Crippen LogP contribution in [0, 0.1) is 0 Å². The molecule has 1 aliphatic heterocycles. The minimum atomic E-state index is 0.343. The van der Waals surface area contributed by atoms with E-state index >= 15 is 0 Å². The Morgan fingerprint density at radius 1 is 1.55 bits per heavy atom. The molecule has 0 aliphatic carbocycles. The van der Waals surface area contributed by atoms with Crippen LogP contribution in [0.4, 0.5) is 0 Å². The molecule has 5 heteroatoms. The SMILES string of the molecule is CCCNC(Cc1cn2ccsc2n1)C1CCCCO1. The van der Waals surface area contributed by atoms with E-state index in [9.17, 15) is 0 Å². The standard InChI is InChI=1S/C15H23N3OS/c1-2-6-16-13(14-5-3-4-8-19-14)10-12-11-18-7-9-20-15(18)17-12/h7,9,11,13-14,16H,2-6,8,10H2,1H3. The molecule has 2 aromatic heterocycles. The Bertz CT molecular complexity index is 501. The predicted octanol–water partition coefficient (Wildman–Crippen LogP) is 2.88. The molecule has 1 N–H and O–H groups in total. The number of hydrogen-bond donors (Lipinski definition) is 1. The molecule has 0 radical (unpaired) electrons. The number of hydrogen-bond acceptors (Lipinski definition) is 4. The molecule has 0 amide bonds. The normalized spacial score (nSPS) is 21.4. The molecular formula is C15H23N3OS. The van der Waals surface area contributed by atoms with Crippen LogP contribution < -0.4 is 5.32 Å². The maximum atomic E-state index is 5.97. The van der Waals surface area contributed by atoms with E-state index in [4.69, 9.17) is 9.72 Å². The van der Waals surface area contributed by atoms with Crippen molar-refractivity contribution in [3.05, 3.63) is 23.5 Å². The van der Waals surface area contributed by atoms with Crippen LogP contribution in [-0.2, 0) is 11.2 Å². The Morgan fingerprint density at radius 2 is 2.50 bits per heavy atom. The third-order valence-corrected chi connectivity index (χ3v) is 4.66. The fraction of sp³-hybridized carbons (Fsp3) is 0.667. The Labute approximate surface area is 124 Å². The van der Waals surface area contributed by atoms with E-state index in [1.54, 1.807) is 11.3 Å². The molecule has 20 heavy (non-hydrogen) atoms. The van der Waals surface area contributed by atoms with Crippen LogP contribution >= 0.6 is 11.3 Å². The summed E-state index contributed by atoms with van der Waals surface area (Å²) in [5, 5.41) is 5.73. The molecule has 0 saturated carbocycles. The van der Waals surface area contributed by atoms with E-state index in [2.05, 4.69) is 34.4 Å². The van der Waals surface area contributed by atoms with Crippen molar-refractivity contribution in [2.24, 2.45) is 0 Å². The molecule has 2 unspecified atom stereocenters. The van der Waals surface area contributed by atoms with Crippen molar-refractivity contribution in [2.75, 3.05) is 13.2 Å². The van der Waals surface area contributed by atoms with Crippen molar-refractivity contribution in [3.63, 3.8) is 0 Å². The summed E-state index contributed by atoms with van der Waals surface area (Å²) in [6, 6.07) is 0.389. The van der Waals surface area contributed by atoms with E-state index in [1.165, 1.54) is 25.0 Å². The third kappa shape index (κ3) is 3.22. The van der Waals surface area contributed by atoms with Gasteiger partial charge in [0.1, 0.15) is 0 Å². The van der Waals surface area contributed by atoms with Crippen LogP contribution in [0.5, 0.6) is 0 Å². The zero-order valence-electron chi connectivity index (χ0n) is 12.0. The topological polar surface area (TPSA) is 38.6 Å². The summed E-state index contributed by atoms with van der Waals surface area (Å²) >= 11 is 1.69. The van der Waals surface area contributed by atoms with E-state index in [1.807, 2.05) is 0 Å². The largest absolute Gasteiger partial charge is 0.377 e. The van der Waals surface area contributed by atoms with Crippen LogP contribution in [0.25, 0.3) is 4.96 Å². The molecule has 1 aliphatic rings. The first-order valence-electron chi connectivity index (χ1n) is 7.63. The smallest absolute Gasteiger partial charge is 0.193 e. The molecule has 2 atom stereocenters. The fourth-order valence-electron chi connectivity index (χ4n) is 2.85. The monoisotopic (exact) mass is 293 g/mol. The van der Waals surface area contributed by atoms with E-state index in [-0.39, 0.29) is 0 Å². The van der Waals surface area contributed by atoms with Gasteiger partial charge < -0.3 is 10.1 Å². The number of fused-ring (bicyclic) bond motifs is 1. The molecule has 1 saturated heterocycles. The second-order valence-electron chi connectivity index (χ2n) is 5.49. The summed E-state index contributed by atoms with van der Waals surface area (Å²) in [5.41, 5.74) is 1.17. The molecule has 110 valence electrons. The van der Waals surface area contributed by atoms with Crippen molar-refractivity contribution in [1.82, 2.24) is 14.7 Å². The lowest BCUT2D eigenvalue weighted by Gasteiger charge is -2.31. The number of aromatic nitrogens is 2. The van der Waals surface area contributed by atoms with Crippen molar-refractivity contribution in [1.29, 1.82) is 0 Å². The molecule has 4 nitrogen and oxygen atoms in total. The van der Waals surface area contributed by atoms with Gasteiger partial charge in [0.15, 0.2) is 4.96 Å². The highest BCUT2D eigenvalue weighted by Gasteiger charge is 2.25. The van der Waals surface area contributed by atoms with Crippen LogP contribution in [0.3, 0.4) is 0 Å². The van der Waals surface area contributed by atoms with Gasteiger partial charge in [-0.1, -0.05) is 6.92 Å². The number of ether oxygens (including phenoxy) is 1. The Morgan fingerprint density at radius 3 is 3.25 bits per heavy atom. The highest BCUT2D eigenvalue weighted by atomic mass is 32.1. The van der Waals surface area contributed by atoms with Gasteiger partial charge in [0.25, 0.3) is 0 Å². The van der Waals surface area contributed by atoms with Crippen molar-refractivity contribution in [2.45, 2.75) is 51.2 Å². The van der Waals surface area contributed by atoms with Gasteiger partial charge in [0, 0.05) is 36.8 Å². The zero-order valence-corrected chi connectivity index (χ0v) is 12.9. The van der Waals surface area contributed by atoms with Gasteiger partial charge in [-0.2, -0.15) is 0 Å². The summed E-state index contributed by atoms with van der Waals surface area (Å²) < 4.78 is 8.08. The Balaban J connectivity index is 1.69. The first-order chi connectivity index (χ1) is 9.86. The first-order valence-corrected chi connectivity index (χ1v) is 8.51. The highest BCUT2D eigenvalue weighted by molar-refractivity contribution is 7.15. The molecule has 0 bridgehead atoms. The van der Waals surface area contributed by atoms with Gasteiger partial charge in [-0.05, 0) is 32.2 Å². The fourth-order valence-corrected chi connectivity index (χ4v) is 3.57. The van der Waals surface area contributed by atoms with Gasteiger partial charge in [-0.25, -0.2) is 4.98 Å². The van der Waals surface area contributed by atoms with E-state index in [0.717, 1.165) is 31.0 Å². The molecule has 3 rings (SSSR count). The molecule has 0 aromatic carbocycles. The average molecular weight is 293 g/mol. The van der Waals surface area contributed by atoms with Crippen LogP contribution in [0.1, 0.15) is 38.3 Å². The van der Waals surface area contributed by atoms with Crippen LogP contribution in [0.15, 0.2) is 17.8 Å². The molecular weight excluding hydrogens is 270 g/mol. The maximum absolute atomic E-state index is 5.97. The molecule has 2 aromatic rings. The van der Waals surface area contributed by atoms with Gasteiger partial charge in [-0.15, -0.1) is 11.3 Å². The first kappa shape index (κ1) is 14.0. The number of nitrogens with one attached hydrogen (secondary N) is 1. The van der Waals surface area contributed by atoms with Crippen LogP contribution in [-0.4, -0.2) is 34.7 Å². The van der Waals surface area contributed by atoms with Gasteiger partial charge in [0.2, 0.25) is 0 Å². The second kappa shape index (κ2) is 6.70. The predicted molar refractivity (Wildman–Crippen MR) is 82.4 cm³/mol. The third-order valence-electron chi connectivity index (χ3n) is 3.89. The zero-order chi connectivity index (χ0) is 13.8. The lowest BCUT2D eigenvalue weighted by Crippen LogP contribution is -2.44. The van der Waals surface area contributed by atoms with Crippen molar-refractivity contribution >= 4 is 16.3 Å². The molecule has 1 fully saturated rings. The lowest BCUT2D eigenvalue weighted by molar-refractivity contribution is -0.00754. The second-order valence-corrected chi connectivity index (χ2v) is 6.37. The van der Waals surface area contributed by atoms with Gasteiger partial charge in [-0.3, -0.25) is 4.40 Å². The molecule has 0 spiro atoms. The summed E-state index contributed by atoms with van der Waals surface area (Å²) in [6.07, 6.45) is 10.3. The van der Waals surface area contributed by atoms with Crippen molar-refractivity contribution < 1.29 is 4.74 Å². The minimum Gasteiger partial charge on any atom is -0.377 e.